The van der Waals surface area contributed by atoms with E-state index in [9.17, 15) is 25.0 Å². The minimum atomic E-state index is -1.25. The molecular weight excluding hydrogens is 484 g/mol. The van der Waals surface area contributed by atoms with Crippen molar-refractivity contribution in [3.8, 4) is 0 Å². The van der Waals surface area contributed by atoms with E-state index in [1.165, 1.54) is 4.90 Å². The fourth-order valence-electron chi connectivity index (χ4n) is 3.86. The first-order chi connectivity index (χ1) is 18.4. The maximum Gasteiger partial charge on any atom is 0.421 e. The Kier molecular flexibility index (Phi) is 10.5. The number of amides is 2. The van der Waals surface area contributed by atoms with Crippen molar-refractivity contribution in [2.24, 2.45) is 0 Å². The highest BCUT2D eigenvalue weighted by Crippen LogP contribution is 2.12. The maximum atomic E-state index is 13.1. The van der Waals surface area contributed by atoms with Crippen molar-refractivity contribution in [3.05, 3.63) is 113 Å². The zero-order valence-electron chi connectivity index (χ0n) is 21.1. The third-order valence-corrected chi connectivity index (χ3v) is 5.83. The van der Waals surface area contributed by atoms with Crippen molar-refractivity contribution in [2.45, 2.75) is 38.6 Å². The van der Waals surface area contributed by atoms with Gasteiger partial charge in [-0.05, 0) is 23.1 Å². The standard InChI is InChI=1S/C29H30N4O5/c1-21(34)27(32-30)28(36)33(18-23-13-7-3-8-14-23)19-26(35)25(17-22-11-5-2-6-12-22)31-29(37)38-20-24-15-9-4-10-16-24/h2-16,25-26,35H,17-20H2,1H3,(H,31,37)/t25-,26+/m0/s1. The first kappa shape index (κ1) is 28.0. The van der Waals surface area contributed by atoms with E-state index in [0.29, 0.717) is 0 Å². The number of carbonyl (C=O) groups is 3. The fraction of sp³-hybridized carbons (Fsp3) is 0.241. The Labute approximate surface area is 221 Å². The summed E-state index contributed by atoms with van der Waals surface area (Å²) in [5.41, 5.74) is 11.0. The number of aliphatic hydroxyl groups excluding tert-OH is 1. The molecule has 0 unspecified atom stereocenters. The molecule has 2 atom stereocenters. The molecule has 0 heterocycles. The molecule has 0 saturated heterocycles. The lowest BCUT2D eigenvalue weighted by Gasteiger charge is -2.29. The molecule has 2 amide bonds. The van der Waals surface area contributed by atoms with Crippen molar-refractivity contribution in [2.75, 3.05) is 6.54 Å². The van der Waals surface area contributed by atoms with Crippen LogP contribution in [-0.2, 0) is 33.9 Å². The van der Waals surface area contributed by atoms with Crippen LogP contribution in [-0.4, -0.2) is 57.0 Å². The van der Waals surface area contributed by atoms with Crippen LogP contribution in [0.15, 0.2) is 91.0 Å². The summed E-state index contributed by atoms with van der Waals surface area (Å²) in [6, 6.07) is 26.6. The molecule has 0 aliphatic heterocycles. The van der Waals surface area contributed by atoms with Crippen LogP contribution < -0.4 is 5.32 Å². The molecule has 0 spiro atoms. The minimum Gasteiger partial charge on any atom is -0.445 e. The van der Waals surface area contributed by atoms with E-state index < -0.39 is 35.6 Å². The van der Waals surface area contributed by atoms with Gasteiger partial charge in [-0.25, -0.2) is 4.79 Å². The van der Waals surface area contributed by atoms with E-state index in [2.05, 4.69) is 10.1 Å². The molecule has 3 aromatic carbocycles. The smallest absolute Gasteiger partial charge is 0.421 e. The number of ketones is 1. The Morgan fingerprint density at radius 2 is 1.42 bits per heavy atom. The van der Waals surface area contributed by atoms with Gasteiger partial charge in [0.15, 0.2) is 0 Å². The summed E-state index contributed by atoms with van der Waals surface area (Å²) in [4.78, 5) is 41.7. The quantitative estimate of drug-likeness (QED) is 0.166. The molecule has 2 N–H and O–H groups in total. The third-order valence-electron chi connectivity index (χ3n) is 5.83. The van der Waals surface area contributed by atoms with Gasteiger partial charge in [0.05, 0.1) is 12.1 Å². The summed E-state index contributed by atoms with van der Waals surface area (Å²) < 4.78 is 5.34. The van der Waals surface area contributed by atoms with Gasteiger partial charge in [0.1, 0.15) is 6.61 Å². The van der Waals surface area contributed by atoms with Crippen molar-refractivity contribution >= 4 is 23.5 Å². The summed E-state index contributed by atoms with van der Waals surface area (Å²) in [5.74, 6) is -1.55. The first-order valence-corrected chi connectivity index (χ1v) is 12.1. The van der Waals surface area contributed by atoms with E-state index in [4.69, 9.17) is 4.74 Å². The van der Waals surface area contributed by atoms with Gasteiger partial charge in [-0.3, -0.25) is 9.59 Å². The van der Waals surface area contributed by atoms with Crippen molar-refractivity contribution in [1.82, 2.24) is 10.2 Å². The van der Waals surface area contributed by atoms with Gasteiger partial charge in [0.2, 0.25) is 5.78 Å². The Bertz CT molecular complexity index is 1260. The Balaban J connectivity index is 1.80. The Hall–Kier alpha value is -4.59. The third kappa shape index (κ3) is 8.51. The highest BCUT2D eigenvalue weighted by molar-refractivity contribution is 6.63. The normalized spacial score (nSPS) is 11.9. The van der Waals surface area contributed by atoms with Gasteiger partial charge >= 0.3 is 17.7 Å². The topological polar surface area (TPSA) is 132 Å². The maximum absolute atomic E-state index is 13.1. The number of nitrogens with one attached hydrogen (secondary N) is 1. The van der Waals surface area contributed by atoms with E-state index in [1.807, 2.05) is 66.7 Å². The fourth-order valence-corrected chi connectivity index (χ4v) is 3.86. The van der Waals surface area contributed by atoms with Crippen LogP contribution in [0.5, 0.6) is 0 Å². The molecule has 9 heteroatoms. The minimum absolute atomic E-state index is 0.0412. The van der Waals surface area contributed by atoms with Gasteiger partial charge in [0, 0.05) is 20.0 Å². The number of benzene rings is 3. The predicted octanol–water partition coefficient (Wildman–Crippen LogP) is 3.17. The van der Waals surface area contributed by atoms with E-state index in [0.717, 1.165) is 23.6 Å². The summed E-state index contributed by atoms with van der Waals surface area (Å²) in [5, 5.41) is 14.0. The summed E-state index contributed by atoms with van der Waals surface area (Å²) in [6.07, 6.45) is -1.72. The molecule has 0 aliphatic carbocycles. The predicted molar refractivity (Wildman–Crippen MR) is 141 cm³/mol. The van der Waals surface area contributed by atoms with E-state index in [1.54, 1.807) is 24.3 Å². The molecule has 0 radical (unpaired) electrons. The number of rotatable bonds is 12. The van der Waals surface area contributed by atoms with Crippen molar-refractivity contribution in [1.29, 1.82) is 0 Å². The van der Waals surface area contributed by atoms with Gasteiger partial charge in [0.25, 0.3) is 0 Å². The van der Waals surface area contributed by atoms with Crippen LogP contribution in [0.25, 0.3) is 5.53 Å². The first-order valence-electron chi connectivity index (χ1n) is 12.1. The van der Waals surface area contributed by atoms with Crippen LogP contribution in [0.1, 0.15) is 23.6 Å². The Morgan fingerprint density at radius 1 is 0.895 bits per heavy atom. The van der Waals surface area contributed by atoms with Crippen LogP contribution in [0, 0.1) is 0 Å². The summed E-state index contributed by atoms with van der Waals surface area (Å²) in [6.45, 7) is 0.955. The SMILES string of the molecule is CC(=O)C(=[N+]=[N-])C(=O)N(Cc1ccccc1)C[C@@H](O)[C@H](Cc1ccccc1)NC(=O)OCc1ccccc1. The lowest BCUT2D eigenvalue weighted by molar-refractivity contribution is -0.133. The molecule has 0 aliphatic rings. The number of alkyl carbamates (subject to hydrolysis) is 1. The van der Waals surface area contributed by atoms with E-state index in [-0.39, 0.29) is 26.1 Å². The average molecular weight is 515 g/mol. The van der Waals surface area contributed by atoms with Crippen molar-refractivity contribution < 1.29 is 29.0 Å². The number of aliphatic hydroxyl groups is 1. The highest BCUT2D eigenvalue weighted by Gasteiger charge is 2.34. The summed E-state index contributed by atoms with van der Waals surface area (Å²) in [7, 11) is 0. The monoisotopic (exact) mass is 514 g/mol. The number of carbonyl (C=O) groups excluding carboxylic acids is 3. The van der Waals surface area contributed by atoms with Crippen LogP contribution in [0.4, 0.5) is 4.79 Å². The van der Waals surface area contributed by atoms with E-state index >= 15 is 0 Å². The molecule has 9 nitrogen and oxygen atoms in total. The second kappa shape index (κ2) is 14.2. The van der Waals surface area contributed by atoms with Gasteiger partial charge < -0.3 is 25.6 Å². The largest absolute Gasteiger partial charge is 0.445 e. The zero-order valence-corrected chi connectivity index (χ0v) is 21.1. The van der Waals surface area contributed by atoms with Gasteiger partial charge in [-0.15, -0.1) is 0 Å². The number of ether oxygens (including phenoxy) is 1. The zero-order chi connectivity index (χ0) is 27.3. The molecule has 0 saturated carbocycles. The second-order valence-electron chi connectivity index (χ2n) is 8.75. The second-order valence-corrected chi connectivity index (χ2v) is 8.75. The van der Waals surface area contributed by atoms with Crippen LogP contribution >= 0.6 is 0 Å². The van der Waals surface area contributed by atoms with Gasteiger partial charge in [-0.1, -0.05) is 91.0 Å². The summed E-state index contributed by atoms with van der Waals surface area (Å²) >= 11 is 0. The number of hydrogen-bond acceptors (Lipinski definition) is 5. The molecule has 0 bridgehead atoms. The molecular formula is C29H30N4O5. The molecule has 3 rings (SSSR count). The average Bonchev–Trinajstić information content (AvgIpc) is 2.93. The van der Waals surface area contributed by atoms with Crippen molar-refractivity contribution in [3.63, 3.8) is 0 Å². The molecule has 196 valence electrons. The molecule has 0 aromatic heterocycles. The lowest BCUT2D eigenvalue weighted by atomic mass is 10.0. The van der Waals surface area contributed by atoms with Gasteiger partial charge in [-0.2, -0.15) is 4.79 Å². The highest BCUT2D eigenvalue weighted by atomic mass is 16.5. The molecule has 3 aromatic rings. The number of hydrogen-bond donors (Lipinski definition) is 2. The van der Waals surface area contributed by atoms with Crippen LogP contribution in [0.2, 0.25) is 0 Å². The number of nitrogens with zero attached hydrogens (tertiary/aromatic N) is 3. The Morgan fingerprint density at radius 3 is 1.95 bits per heavy atom. The molecule has 0 fully saturated rings. The van der Waals surface area contributed by atoms with Crippen LogP contribution in [0.3, 0.4) is 0 Å². The number of Topliss-reactive ketones (excluding diaryl/α,β-unsaturated/α-hetero) is 1. The molecule has 38 heavy (non-hydrogen) atoms. The lowest BCUT2D eigenvalue weighted by Crippen LogP contribution is -2.52.